The maximum absolute atomic E-state index is 12.2. The number of nitrogens with zero attached hydrogens (tertiary/aromatic N) is 2. The molecule has 13 heteroatoms. The van der Waals surface area contributed by atoms with Crippen LogP contribution >= 0.6 is 22.9 Å². The first-order valence-electron chi connectivity index (χ1n) is 8.08. The molecule has 1 atom stereocenters. The normalized spacial score (nSPS) is 12.7. The SMILES string of the molecule is N[C@@H](CCC(=O)Nc1cc(Cl)cc(S(=O)(=O)O)c1O)c1nnc(-c2cccs2)o1. The zero-order valence-electron chi connectivity index (χ0n) is 14.6. The lowest BCUT2D eigenvalue weighted by atomic mass is 10.1. The van der Waals surface area contributed by atoms with Crippen molar-refractivity contribution in [3.63, 3.8) is 0 Å². The molecule has 1 amide bonds. The highest BCUT2D eigenvalue weighted by molar-refractivity contribution is 7.86. The van der Waals surface area contributed by atoms with E-state index in [2.05, 4.69) is 15.5 Å². The van der Waals surface area contributed by atoms with Crippen molar-refractivity contribution >= 4 is 44.7 Å². The van der Waals surface area contributed by atoms with E-state index in [1.54, 1.807) is 0 Å². The lowest BCUT2D eigenvalue weighted by molar-refractivity contribution is -0.116. The molecule has 0 radical (unpaired) electrons. The van der Waals surface area contributed by atoms with E-state index >= 15 is 0 Å². The monoisotopic (exact) mass is 458 g/mol. The summed E-state index contributed by atoms with van der Waals surface area (Å²) in [6.07, 6.45) is 0.0510. The summed E-state index contributed by atoms with van der Waals surface area (Å²) in [4.78, 5) is 12.1. The van der Waals surface area contributed by atoms with Gasteiger partial charge in [0.15, 0.2) is 5.75 Å². The van der Waals surface area contributed by atoms with E-state index in [0.717, 1.165) is 17.0 Å². The third kappa shape index (κ3) is 5.10. The molecule has 0 fully saturated rings. The number of phenols is 1. The summed E-state index contributed by atoms with van der Waals surface area (Å²) >= 11 is 7.21. The summed E-state index contributed by atoms with van der Waals surface area (Å²) in [5.41, 5.74) is 5.72. The van der Waals surface area contributed by atoms with Crippen LogP contribution in [-0.2, 0) is 14.9 Å². The molecular formula is C16H15ClN4O6S2. The van der Waals surface area contributed by atoms with Gasteiger partial charge >= 0.3 is 0 Å². The Balaban J connectivity index is 1.64. The number of halogens is 1. The Kier molecular flexibility index (Phi) is 6.19. The van der Waals surface area contributed by atoms with Gasteiger partial charge in [-0.15, -0.1) is 21.5 Å². The van der Waals surface area contributed by atoms with Crippen LogP contribution in [0, 0.1) is 0 Å². The van der Waals surface area contributed by atoms with Crippen LogP contribution < -0.4 is 11.1 Å². The van der Waals surface area contributed by atoms with Crippen LogP contribution in [0.3, 0.4) is 0 Å². The molecule has 3 aromatic rings. The molecule has 2 aromatic heterocycles. The van der Waals surface area contributed by atoms with Crippen molar-refractivity contribution in [2.45, 2.75) is 23.8 Å². The minimum atomic E-state index is -4.72. The van der Waals surface area contributed by atoms with Gasteiger partial charge in [-0.2, -0.15) is 8.42 Å². The Bertz CT molecular complexity index is 1130. The molecule has 0 saturated carbocycles. The molecule has 10 nitrogen and oxygen atoms in total. The lowest BCUT2D eigenvalue weighted by Crippen LogP contribution is -2.17. The number of nitrogens with two attached hydrogens (primary N) is 1. The van der Waals surface area contributed by atoms with Gasteiger partial charge in [-0.25, -0.2) is 0 Å². The first-order valence-corrected chi connectivity index (χ1v) is 10.8. The van der Waals surface area contributed by atoms with Gasteiger partial charge in [-0.1, -0.05) is 17.7 Å². The average molecular weight is 459 g/mol. The fraction of sp³-hybridized carbons (Fsp3) is 0.188. The van der Waals surface area contributed by atoms with Crippen LogP contribution in [0.4, 0.5) is 5.69 Å². The number of amides is 1. The fourth-order valence-corrected chi connectivity index (χ4v) is 3.93. The Morgan fingerprint density at radius 1 is 1.38 bits per heavy atom. The van der Waals surface area contributed by atoms with Gasteiger partial charge in [0, 0.05) is 11.4 Å². The van der Waals surface area contributed by atoms with E-state index in [4.69, 9.17) is 26.3 Å². The minimum Gasteiger partial charge on any atom is -0.504 e. The lowest BCUT2D eigenvalue weighted by Gasteiger charge is -2.11. The molecule has 1 aromatic carbocycles. The predicted octanol–water partition coefficient (Wildman–Crippen LogP) is 2.82. The Hall–Kier alpha value is -2.51. The molecule has 154 valence electrons. The van der Waals surface area contributed by atoms with E-state index in [1.165, 1.54) is 11.3 Å². The van der Waals surface area contributed by atoms with Gasteiger partial charge < -0.3 is 20.6 Å². The zero-order chi connectivity index (χ0) is 21.2. The second-order valence-electron chi connectivity index (χ2n) is 5.89. The molecule has 0 aliphatic rings. The molecule has 3 rings (SSSR count). The molecule has 0 aliphatic heterocycles. The standard InChI is InChI=1S/C16H15ClN4O6S2/c17-8-6-10(14(23)12(7-8)29(24,25)26)19-13(22)4-3-9(18)15-20-21-16(27-15)11-2-1-5-28-11/h1-2,5-7,9,23H,3-4,18H2,(H,19,22)(H,24,25,26)/t9-/m0/s1. The Morgan fingerprint density at radius 3 is 2.79 bits per heavy atom. The van der Waals surface area contributed by atoms with E-state index < -0.39 is 32.7 Å². The molecule has 2 heterocycles. The summed E-state index contributed by atoms with van der Waals surface area (Å²) in [5.74, 6) is -0.902. The fourth-order valence-electron chi connectivity index (χ4n) is 2.37. The number of rotatable bonds is 7. The van der Waals surface area contributed by atoms with E-state index in [0.29, 0.717) is 5.89 Å². The highest BCUT2D eigenvalue weighted by atomic mass is 35.5. The van der Waals surface area contributed by atoms with Crippen molar-refractivity contribution in [3.8, 4) is 16.5 Å². The number of anilines is 1. The van der Waals surface area contributed by atoms with Crippen LogP contribution in [0.25, 0.3) is 10.8 Å². The van der Waals surface area contributed by atoms with E-state index in [9.17, 15) is 18.3 Å². The molecule has 0 aliphatic carbocycles. The van der Waals surface area contributed by atoms with Crippen LogP contribution in [0.1, 0.15) is 24.8 Å². The number of thiophene rings is 1. The summed E-state index contributed by atoms with van der Waals surface area (Å²) in [5, 5.41) is 21.9. The van der Waals surface area contributed by atoms with Crippen molar-refractivity contribution in [1.29, 1.82) is 0 Å². The van der Waals surface area contributed by atoms with Crippen molar-refractivity contribution in [2.75, 3.05) is 5.32 Å². The Morgan fingerprint density at radius 2 is 2.14 bits per heavy atom. The molecule has 0 unspecified atom stereocenters. The number of aromatic nitrogens is 2. The van der Waals surface area contributed by atoms with E-state index in [1.807, 2.05) is 17.5 Å². The highest BCUT2D eigenvalue weighted by Gasteiger charge is 2.22. The molecule has 0 saturated heterocycles. The van der Waals surface area contributed by atoms with Gasteiger partial charge in [-0.3, -0.25) is 9.35 Å². The molecular weight excluding hydrogens is 444 g/mol. The number of aromatic hydroxyl groups is 1. The summed E-state index contributed by atoms with van der Waals surface area (Å²) < 4.78 is 37.2. The quantitative estimate of drug-likeness (QED) is 0.307. The summed E-state index contributed by atoms with van der Waals surface area (Å²) in [6.45, 7) is 0. The number of carbonyl (C=O) groups excluding carboxylic acids is 1. The second-order valence-corrected chi connectivity index (χ2v) is 8.67. The molecule has 0 spiro atoms. The van der Waals surface area contributed by atoms with Crippen molar-refractivity contribution in [2.24, 2.45) is 5.73 Å². The second kappa shape index (κ2) is 8.47. The number of phenolic OH excluding ortho intramolecular Hbond substituents is 1. The van der Waals surface area contributed by atoms with Gasteiger partial charge in [-0.05, 0) is 30.0 Å². The van der Waals surface area contributed by atoms with Gasteiger partial charge in [0.05, 0.1) is 16.6 Å². The number of hydrogen-bond donors (Lipinski definition) is 4. The van der Waals surface area contributed by atoms with Crippen LogP contribution in [-0.4, -0.2) is 34.2 Å². The number of nitrogens with one attached hydrogen (secondary N) is 1. The first-order chi connectivity index (χ1) is 13.6. The maximum Gasteiger partial charge on any atom is 0.298 e. The summed E-state index contributed by atoms with van der Waals surface area (Å²) in [7, 11) is -4.72. The highest BCUT2D eigenvalue weighted by Crippen LogP contribution is 2.34. The van der Waals surface area contributed by atoms with Gasteiger partial charge in [0.1, 0.15) is 4.90 Å². The number of benzene rings is 1. The molecule has 0 bridgehead atoms. The van der Waals surface area contributed by atoms with E-state index in [-0.39, 0.29) is 29.4 Å². The van der Waals surface area contributed by atoms with Gasteiger partial charge in [0.25, 0.3) is 16.0 Å². The smallest absolute Gasteiger partial charge is 0.298 e. The van der Waals surface area contributed by atoms with Crippen molar-refractivity contribution in [1.82, 2.24) is 10.2 Å². The number of hydrogen-bond acceptors (Lipinski definition) is 9. The zero-order valence-corrected chi connectivity index (χ0v) is 17.0. The average Bonchev–Trinajstić information content (AvgIpc) is 3.32. The van der Waals surface area contributed by atoms with Crippen LogP contribution in [0.2, 0.25) is 5.02 Å². The van der Waals surface area contributed by atoms with Gasteiger partial charge in [0.2, 0.25) is 11.8 Å². The largest absolute Gasteiger partial charge is 0.504 e. The first kappa shape index (κ1) is 21.2. The third-order valence-electron chi connectivity index (χ3n) is 3.76. The Labute approximate surface area is 174 Å². The van der Waals surface area contributed by atoms with Crippen LogP contribution in [0.5, 0.6) is 5.75 Å². The minimum absolute atomic E-state index is 0.0922. The van der Waals surface area contributed by atoms with Crippen molar-refractivity contribution < 1.29 is 27.3 Å². The van der Waals surface area contributed by atoms with Crippen molar-refractivity contribution in [3.05, 3.63) is 40.6 Å². The number of carbonyl (C=O) groups is 1. The molecule has 5 N–H and O–H groups in total. The summed E-state index contributed by atoms with van der Waals surface area (Å²) in [6, 6.07) is 4.96. The molecule has 29 heavy (non-hydrogen) atoms. The van der Waals surface area contributed by atoms with Crippen LogP contribution in [0.15, 0.2) is 39.0 Å². The predicted molar refractivity (Wildman–Crippen MR) is 105 cm³/mol. The maximum atomic E-state index is 12.2. The topological polar surface area (TPSA) is 169 Å². The third-order valence-corrected chi connectivity index (χ3v) is 5.71.